The van der Waals surface area contributed by atoms with Gasteiger partial charge in [-0.3, -0.25) is 14.9 Å². The molecule has 1 heterocycles. The third-order valence-corrected chi connectivity index (χ3v) is 6.33. The first-order valence-electron chi connectivity index (χ1n) is 9.88. The van der Waals surface area contributed by atoms with Gasteiger partial charge >= 0.3 is 5.97 Å². The molecule has 1 aliphatic rings. The summed E-state index contributed by atoms with van der Waals surface area (Å²) < 4.78 is 5.25. The Labute approximate surface area is 183 Å². The number of nitrogens with zero attached hydrogens (tertiary/aromatic N) is 2. The molecule has 0 spiro atoms. The molecular weight excluding hydrogens is 420 g/mol. The summed E-state index contributed by atoms with van der Waals surface area (Å²) in [6.45, 7) is 1.41. The number of nitro groups is 1. The number of anilines is 2. The SMILES string of the molecule is CNc1ccc([N+](=O)[O-])cc1C(=O)OC(C)C(=O)Nc1sc2c(c1C#N)CCCCC2. The number of hydrogen-bond acceptors (Lipinski definition) is 8. The van der Waals surface area contributed by atoms with Crippen LogP contribution < -0.4 is 10.6 Å². The average Bonchev–Trinajstić information content (AvgIpc) is 2.91. The lowest BCUT2D eigenvalue weighted by molar-refractivity contribution is -0.384. The molecule has 1 aromatic carbocycles. The average molecular weight is 442 g/mol. The molecule has 9 nitrogen and oxygen atoms in total. The van der Waals surface area contributed by atoms with Crippen molar-refractivity contribution in [3.05, 3.63) is 49.9 Å². The molecule has 1 unspecified atom stereocenters. The number of rotatable bonds is 6. The van der Waals surface area contributed by atoms with Crippen molar-refractivity contribution in [2.45, 2.75) is 45.1 Å². The quantitative estimate of drug-likeness (QED) is 0.298. The maximum absolute atomic E-state index is 12.6. The number of amides is 1. The minimum atomic E-state index is -1.16. The van der Waals surface area contributed by atoms with Gasteiger partial charge in [0.25, 0.3) is 11.6 Å². The summed E-state index contributed by atoms with van der Waals surface area (Å²) in [4.78, 5) is 36.7. The summed E-state index contributed by atoms with van der Waals surface area (Å²) in [5.41, 5.74) is 1.51. The topological polar surface area (TPSA) is 134 Å². The maximum atomic E-state index is 12.6. The molecular formula is C21H22N4O5S. The van der Waals surface area contributed by atoms with Gasteiger partial charge in [0.15, 0.2) is 6.10 Å². The van der Waals surface area contributed by atoms with E-state index in [9.17, 15) is 25.0 Å². The highest BCUT2D eigenvalue weighted by Gasteiger charge is 2.26. The zero-order valence-corrected chi connectivity index (χ0v) is 18.0. The van der Waals surface area contributed by atoms with Crippen LogP contribution in [0.5, 0.6) is 0 Å². The third-order valence-electron chi connectivity index (χ3n) is 5.13. The molecule has 0 fully saturated rings. The predicted octanol–water partition coefficient (Wildman–Crippen LogP) is 4.02. The molecule has 1 amide bonds. The fraction of sp³-hybridized carbons (Fsp3) is 0.381. The Morgan fingerprint density at radius 1 is 1.29 bits per heavy atom. The number of nitriles is 1. The largest absolute Gasteiger partial charge is 0.449 e. The number of benzene rings is 1. The van der Waals surface area contributed by atoms with E-state index in [4.69, 9.17) is 4.74 Å². The lowest BCUT2D eigenvalue weighted by atomic mass is 10.1. The first-order chi connectivity index (χ1) is 14.8. The summed E-state index contributed by atoms with van der Waals surface area (Å²) in [5.74, 6) is -1.43. The van der Waals surface area contributed by atoms with Gasteiger partial charge < -0.3 is 15.4 Å². The zero-order chi connectivity index (χ0) is 22.5. The number of hydrogen-bond donors (Lipinski definition) is 2. The van der Waals surface area contributed by atoms with Crippen LogP contribution in [-0.2, 0) is 22.4 Å². The van der Waals surface area contributed by atoms with Gasteiger partial charge in [0.2, 0.25) is 0 Å². The number of carbonyl (C=O) groups is 2. The van der Waals surface area contributed by atoms with Crippen LogP contribution in [-0.4, -0.2) is 30.0 Å². The molecule has 2 N–H and O–H groups in total. The predicted molar refractivity (Wildman–Crippen MR) is 116 cm³/mol. The van der Waals surface area contributed by atoms with E-state index in [-0.39, 0.29) is 11.3 Å². The lowest BCUT2D eigenvalue weighted by Crippen LogP contribution is -2.30. The summed E-state index contributed by atoms with van der Waals surface area (Å²) >= 11 is 1.39. The third kappa shape index (κ3) is 4.83. The van der Waals surface area contributed by atoms with Gasteiger partial charge in [0.1, 0.15) is 11.1 Å². The molecule has 0 saturated heterocycles. The first kappa shape index (κ1) is 22.2. The van der Waals surface area contributed by atoms with Crippen molar-refractivity contribution in [2.75, 3.05) is 17.7 Å². The minimum absolute atomic E-state index is 0.0445. The van der Waals surface area contributed by atoms with E-state index in [1.165, 1.54) is 30.4 Å². The fourth-order valence-electron chi connectivity index (χ4n) is 3.47. The first-order valence-corrected chi connectivity index (χ1v) is 10.7. The molecule has 0 aliphatic heterocycles. The number of nitro benzene ring substituents is 1. The van der Waals surface area contributed by atoms with Crippen LogP contribution in [0.3, 0.4) is 0 Å². The van der Waals surface area contributed by atoms with E-state index in [2.05, 4.69) is 16.7 Å². The Morgan fingerprint density at radius 2 is 2.03 bits per heavy atom. The Morgan fingerprint density at radius 3 is 2.71 bits per heavy atom. The van der Waals surface area contributed by atoms with Crippen molar-refractivity contribution in [3.63, 3.8) is 0 Å². The number of esters is 1. The van der Waals surface area contributed by atoms with Gasteiger partial charge in [0, 0.05) is 29.7 Å². The van der Waals surface area contributed by atoms with Crippen LogP contribution in [0.4, 0.5) is 16.4 Å². The standard InChI is InChI=1S/C21H22N4O5S/c1-12(30-21(27)15-10-13(25(28)29)8-9-17(15)23-2)19(26)24-20-16(11-22)14-6-4-3-5-7-18(14)31-20/h8-10,12,23H,3-7H2,1-2H3,(H,24,26). The molecule has 10 heteroatoms. The van der Waals surface area contributed by atoms with E-state index in [1.807, 2.05) is 0 Å². The highest BCUT2D eigenvalue weighted by molar-refractivity contribution is 7.16. The molecule has 162 valence electrons. The van der Waals surface area contributed by atoms with Crippen molar-refractivity contribution in [1.82, 2.24) is 0 Å². The monoisotopic (exact) mass is 442 g/mol. The highest BCUT2D eigenvalue weighted by atomic mass is 32.1. The van der Waals surface area contributed by atoms with Gasteiger partial charge in [-0.05, 0) is 44.2 Å². The van der Waals surface area contributed by atoms with E-state index in [0.29, 0.717) is 16.3 Å². The molecule has 1 aliphatic carbocycles. The lowest BCUT2D eigenvalue weighted by Gasteiger charge is -2.14. The Balaban J connectivity index is 1.75. The number of nitrogens with one attached hydrogen (secondary N) is 2. The Kier molecular flexibility index (Phi) is 6.87. The van der Waals surface area contributed by atoms with E-state index >= 15 is 0 Å². The second-order valence-electron chi connectivity index (χ2n) is 7.15. The van der Waals surface area contributed by atoms with Crippen LogP contribution in [0.1, 0.15) is 52.5 Å². The Bertz CT molecular complexity index is 1070. The molecule has 0 bridgehead atoms. The van der Waals surface area contributed by atoms with Crippen molar-refractivity contribution >= 4 is 39.6 Å². The van der Waals surface area contributed by atoms with Crippen LogP contribution in [0.2, 0.25) is 0 Å². The van der Waals surface area contributed by atoms with Crippen molar-refractivity contribution < 1.29 is 19.2 Å². The van der Waals surface area contributed by atoms with Gasteiger partial charge in [-0.1, -0.05) is 6.42 Å². The number of carbonyl (C=O) groups excluding carboxylic acids is 2. The second-order valence-corrected chi connectivity index (χ2v) is 8.26. The minimum Gasteiger partial charge on any atom is -0.449 e. The molecule has 1 atom stereocenters. The second kappa shape index (κ2) is 9.57. The van der Waals surface area contributed by atoms with E-state index in [1.54, 1.807) is 7.05 Å². The fourth-order valence-corrected chi connectivity index (χ4v) is 4.72. The van der Waals surface area contributed by atoms with E-state index in [0.717, 1.165) is 48.6 Å². The maximum Gasteiger partial charge on any atom is 0.341 e. The molecule has 0 saturated carbocycles. The van der Waals surface area contributed by atoms with E-state index < -0.39 is 22.9 Å². The summed E-state index contributed by atoms with van der Waals surface area (Å²) in [7, 11) is 1.57. The summed E-state index contributed by atoms with van der Waals surface area (Å²) in [5, 5.41) is 26.6. The normalized spacial score (nSPS) is 13.8. The smallest absolute Gasteiger partial charge is 0.341 e. The highest BCUT2D eigenvalue weighted by Crippen LogP contribution is 2.37. The number of non-ortho nitro benzene ring substituents is 1. The van der Waals surface area contributed by atoms with Gasteiger partial charge in [-0.15, -0.1) is 11.3 Å². The number of ether oxygens (including phenoxy) is 1. The molecule has 2 aromatic rings. The van der Waals surface area contributed by atoms with Crippen molar-refractivity contribution in [1.29, 1.82) is 5.26 Å². The number of aryl methyl sites for hydroxylation is 1. The summed E-state index contributed by atoms with van der Waals surface area (Å²) in [6, 6.07) is 5.96. The van der Waals surface area contributed by atoms with Crippen LogP contribution >= 0.6 is 11.3 Å². The zero-order valence-electron chi connectivity index (χ0n) is 17.2. The summed E-state index contributed by atoms with van der Waals surface area (Å²) in [6.07, 6.45) is 3.72. The Hall–Kier alpha value is -3.45. The van der Waals surface area contributed by atoms with Crippen LogP contribution in [0, 0.1) is 21.4 Å². The van der Waals surface area contributed by atoms with Crippen LogP contribution in [0.15, 0.2) is 18.2 Å². The van der Waals surface area contributed by atoms with Crippen LogP contribution in [0.25, 0.3) is 0 Å². The van der Waals surface area contributed by atoms with Crippen molar-refractivity contribution in [2.24, 2.45) is 0 Å². The van der Waals surface area contributed by atoms with Gasteiger partial charge in [-0.2, -0.15) is 5.26 Å². The molecule has 31 heavy (non-hydrogen) atoms. The van der Waals surface area contributed by atoms with Gasteiger partial charge in [-0.25, -0.2) is 4.79 Å². The van der Waals surface area contributed by atoms with Crippen molar-refractivity contribution in [3.8, 4) is 6.07 Å². The molecule has 1 aromatic heterocycles. The molecule has 0 radical (unpaired) electrons. The number of fused-ring (bicyclic) bond motifs is 1. The number of thiophene rings is 1. The van der Waals surface area contributed by atoms with Gasteiger partial charge in [0.05, 0.1) is 16.1 Å². The molecule has 3 rings (SSSR count).